The Morgan fingerprint density at radius 2 is 2.16 bits per heavy atom. The Kier molecular flexibility index (Phi) is 4.90. The third-order valence-corrected chi connectivity index (χ3v) is 6.18. The Morgan fingerprint density at radius 3 is 2.90 bits per heavy atom. The first-order valence-electron chi connectivity index (χ1n) is 10.6. The fourth-order valence-corrected chi connectivity index (χ4v) is 4.73. The van der Waals surface area contributed by atoms with Gasteiger partial charge in [-0.2, -0.15) is 10.4 Å². The zero-order chi connectivity index (χ0) is 21.4. The predicted molar refractivity (Wildman–Crippen MR) is 116 cm³/mol. The van der Waals surface area contributed by atoms with Gasteiger partial charge in [-0.15, -0.1) is 0 Å². The summed E-state index contributed by atoms with van der Waals surface area (Å²) in [6.45, 7) is 0. The molecule has 2 N–H and O–H groups in total. The highest BCUT2D eigenvalue weighted by Gasteiger charge is 2.27. The molecule has 1 aliphatic carbocycles. The summed E-state index contributed by atoms with van der Waals surface area (Å²) in [5, 5.41) is 17.1. The number of nitrogens with one attached hydrogen (secondary N) is 2. The monoisotopic (exact) mass is 416 g/mol. The number of hydrogen-bond donors (Lipinski definition) is 2. The van der Waals surface area contributed by atoms with Gasteiger partial charge in [0.1, 0.15) is 17.0 Å². The van der Waals surface area contributed by atoms with Gasteiger partial charge in [-0.25, -0.2) is 9.97 Å². The molecule has 0 bridgehead atoms. The lowest BCUT2D eigenvalue weighted by molar-refractivity contribution is -0.115. The molecule has 0 saturated heterocycles. The van der Waals surface area contributed by atoms with E-state index in [2.05, 4.69) is 31.0 Å². The van der Waals surface area contributed by atoms with Crippen LogP contribution in [-0.2, 0) is 18.3 Å². The van der Waals surface area contributed by atoms with E-state index in [1.165, 1.54) is 0 Å². The van der Waals surface area contributed by atoms with Crippen LogP contribution in [-0.4, -0.2) is 35.2 Å². The van der Waals surface area contributed by atoms with Gasteiger partial charge in [0, 0.05) is 37.3 Å². The van der Waals surface area contributed by atoms with Gasteiger partial charge in [0.25, 0.3) is 0 Å². The quantitative estimate of drug-likeness (QED) is 0.516. The summed E-state index contributed by atoms with van der Waals surface area (Å²) in [6, 6.07) is 4.58. The molecule has 9 nitrogen and oxygen atoms in total. The number of fused-ring (bicyclic) bond motifs is 3. The highest BCUT2D eigenvalue weighted by Crippen LogP contribution is 2.38. The number of H-pyrrole nitrogens is 1. The van der Waals surface area contributed by atoms with Crippen LogP contribution >= 0.6 is 0 Å². The largest absolute Gasteiger partial charge is 0.346 e. The molecule has 4 aromatic rings. The highest BCUT2D eigenvalue weighted by molar-refractivity contribution is 6.02. The van der Waals surface area contributed by atoms with E-state index in [0.717, 1.165) is 53.6 Å². The Balaban J connectivity index is 1.50. The van der Waals surface area contributed by atoms with Crippen molar-refractivity contribution >= 4 is 33.7 Å². The molecular formula is C22H24N8O. The number of rotatable bonds is 5. The van der Waals surface area contributed by atoms with Crippen LogP contribution in [0.1, 0.15) is 44.0 Å². The van der Waals surface area contributed by atoms with Crippen LogP contribution in [0.2, 0.25) is 0 Å². The van der Waals surface area contributed by atoms with Crippen molar-refractivity contribution in [2.24, 2.45) is 13.0 Å². The van der Waals surface area contributed by atoms with Crippen molar-refractivity contribution in [3.63, 3.8) is 0 Å². The molecular weight excluding hydrogens is 392 g/mol. The molecule has 0 aromatic carbocycles. The van der Waals surface area contributed by atoms with E-state index >= 15 is 0 Å². The maximum absolute atomic E-state index is 12.8. The van der Waals surface area contributed by atoms with Crippen molar-refractivity contribution in [3.8, 4) is 6.07 Å². The summed E-state index contributed by atoms with van der Waals surface area (Å²) in [5.41, 5.74) is 3.31. The van der Waals surface area contributed by atoms with Gasteiger partial charge in [0.2, 0.25) is 5.91 Å². The molecule has 1 aliphatic rings. The van der Waals surface area contributed by atoms with Crippen LogP contribution in [0.15, 0.2) is 30.9 Å². The minimum absolute atomic E-state index is 0.124. The second-order valence-corrected chi connectivity index (χ2v) is 8.29. The van der Waals surface area contributed by atoms with Crippen molar-refractivity contribution in [3.05, 3.63) is 36.7 Å². The SMILES string of the molecule is Cn1cc(NC(=O)Cc2nc3cnc4[nH]ccc4c3n2C2CCC(CC#N)CC2)cn1. The number of aryl methyl sites for hydroxylation is 1. The van der Waals surface area contributed by atoms with Gasteiger partial charge >= 0.3 is 0 Å². The highest BCUT2D eigenvalue weighted by atomic mass is 16.1. The van der Waals surface area contributed by atoms with Crippen LogP contribution in [0, 0.1) is 17.2 Å². The lowest BCUT2D eigenvalue weighted by Gasteiger charge is -2.30. The molecule has 158 valence electrons. The summed E-state index contributed by atoms with van der Waals surface area (Å²) in [6.07, 6.45) is 11.8. The Labute approximate surface area is 179 Å². The maximum Gasteiger partial charge on any atom is 0.232 e. The number of hydrogen-bond acceptors (Lipinski definition) is 5. The van der Waals surface area contributed by atoms with E-state index < -0.39 is 0 Å². The van der Waals surface area contributed by atoms with Crippen molar-refractivity contribution in [2.45, 2.75) is 44.6 Å². The van der Waals surface area contributed by atoms with Gasteiger partial charge in [0.05, 0.1) is 36.1 Å². The average molecular weight is 416 g/mol. The number of nitrogens with zero attached hydrogens (tertiary/aromatic N) is 6. The fraction of sp³-hybridized carbons (Fsp3) is 0.409. The van der Waals surface area contributed by atoms with Crippen LogP contribution in [0.4, 0.5) is 5.69 Å². The van der Waals surface area contributed by atoms with E-state index in [4.69, 9.17) is 10.2 Å². The lowest BCUT2D eigenvalue weighted by Crippen LogP contribution is -2.22. The summed E-state index contributed by atoms with van der Waals surface area (Å²) in [4.78, 5) is 25.3. The first kappa shape index (κ1) is 19.3. The molecule has 0 aliphatic heterocycles. The van der Waals surface area contributed by atoms with Gasteiger partial charge in [0.15, 0.2) is 0 Å². The summed E-state index contributed by atoms with van der Waals surface area (Å²) in [5.74, 6) is 1.08. The van der Waals surface area contributed by atoms with Gasteiger partial charge in [-0.3, -0.25) is 9.48 Å². The van der Waals surface area contributed by atoms with Crippen LogP contribution in [0.5, 0.6) is 0 Å². The molecule has 31 heavy (non-hydrogen) atoms. The Morgan fingerprint density at radius 1 is 1.32 bits per heavy atom. The van der Waals surface area contributed by atoms with E-state index in [-0.39, 0.29) is 18.4 Å². The first-order chi connectivity index (χ1) is 15.1. The molecule has 0 atom stereocenters. The number of aromatic amines is 1. The smallest absolute Gasteiger partial charge is 0.232 e. The van der Waals surface area contributed by atoms with Crippen LogP contribution in [0.25, 0.3) is 22.1 Å². The predicted octanol–water partition coefficient (Wildman–Crippen LogP) is 3.47. The Hall–Kier alpha value is -3.67. The number of carbonyl (C=O) groups is 1. The molecule has 0 radical (unpaired) electrons. The summed E-state index contributed by atoms with van der Waals surface area (Å²) >= 11 is 0. The topological polar surface area (TPSA) is 117 Å². The minimum atomic E-state index is -0.124. The van der Waals surface area contributed by atoms with E-state index in [0.29, 0.717) is 18.0 Å². The molecule has 9 heteroatoms. The number of pyridine rings is 1. The average Bonchev–Trinajstić information content (AvgIpc) is 3.46. The fourth-order valence-electron chi connectivity index (χ4n) is 4.73. The molecule has 1 saturated carbocycles. The van der Waals surface area contributed by atoms with E-state index in [1.807, 2.05) is 19.3 Å². The van der Waals surface area contributed by atoms with Crippen molar-refractivity contribution < 1.29 is 4.79 Å². The number of anilines is 1. The zero-order valence-electron chi connectivity index (χ0n) is 17.4. The van der Waals surface area contributed by atoms with Crippen molar-refractivity contribution in [1.29, 1.82) is 5.26 Å². The molecule has 4 aromatic heterocycles. The molecule has 1 fully saturated rings. The third kappa shape index (κ3) is 3.65. The standard InChI is InChI=1S/C22H24N8O/c1-29-13-15(11-26-29)27-20(31)10-19-28-18-12-25-22-17(7-9-24-22)21(18)30(19)16-4-2-14(3-5-16)6-8-23/h7,9,11-14,16H,2-6,10H2,1H3,(H,24,25)(H,27,31). The zero-order valence-corrected chi connectivity index (χ0v) is 17.4. The summed E-state index contributed by atoms with van der Waals surface area (Å²) < 4.78 is 3.90. The first-order valence-corrected chi connectivity index (χ1v) is 10.6. The molecule has 0 spiro atoms. The van der Waals surface area contributed by atoms with Crippen molar-refractivity contribution in [1.82, 2.24) is 29.3 Å². The minimum Gasteiger partial charge on any atom is -0.346 e. The van der Waals surface area contributed by atoms with E-state index in [1.54, 1.807) is 23.3 Å². The normalized spacial score (nSPS) is 19.0. The Bertz CT molecular complexity index is 1280. The number of amides is 1. The number of imidazole rings is 1. The van der Waals surface area contributed by atoms with Gasteiger partial charge in [-0.1, -0.05) is 0 Å². The lowest BCUT2D eigenvalue weighted by atomic mass is 9.84. The van der Waals surface area contributed by atoms with Crippen molar-refractivity contribution in [2.75, 3.05) is 5.32 Å². The molecule has 4 heterocycles. The van der Waals surface area contributed by atoms with Crippen LogP contribution < -0.4 is 5.32 Å². The second kappa shape index (κ2) is 7.87. The molecule has 5 rings (SSSR count). The second-order valence-electron chi connectivity index (χ2n) is 8.29. The molecule has 0 unspecified atom stereocenters. The number of nitriles is 1. The molecule has 1 amide bonds. The van der Waals surface area contributed by atoms with E-state index in [9.17, 15) is 4.79 Å². The number of aromatic nitrogens is 6. The summed E-state index contributed by atoms with van der Waals surface area (Å²) in [7, 11) is 1.81. The number of carbonyl (C=O) groups excluding carboxylic acids is 1. The van der Waals surface area contributed by atoms with Gasteiger partial charge < -0.3 is 14.9 Å². The third-order valence-electron chi connectivity index (χ3n) is 6.18. The van der Waals surface area contributed by atoms with Gasteiger partial charge in [-0.05, 0) is 37.7 Å². The van der Waals surface area contributed by atoms with Crippen LogP contribution in [0.3, 0.4) is 0 Å². The maximum atomic E-state index is 12.8.